The second-order valence-electron chi connectivity index (χ2n) is 6.05. The molecule has 0 heterocycles. The number of hydrogen-bond donors (Lipinski definition) is 1. The molecule has 0 atom stereocenters. The number of benzene rings is 3. The van der Waals surface area contributed by atoms with Gasteiger partial charge in [-0.3, -0.25) is 4.79 Å². The summed E-state index contributed by atoms with van der Waals surface area (Å²) < 4.78 is 12.5. The fourth-order valence-corrected chi connectivity index (χ4v) is 3.73. The summed E-state index contributed by atoms with van der Waals surface area (Å²) in [6, 6.07) is 18.3. The monoisotopic (exact) mass is 541 g/mol. The third-order valence-electron chi connectivity index (χ3n) is 4.00. The molecule has 3 aromatic rings. The van der Waals surface area contributed by atoms with E-state index in [4.69, 9.17) is 32.7 Å². The Morgan fingerprint density at radius 1 is 1.03 bits per heavy atom. The van der Waals surface area contributed by atoms with E-state index in [2.05, 4.69) is 27.9 Å². The van der Waals surface area contributed by atoms with Crippen LogP contribution in [0.2, 0.25) is 10.0 Å². The summed E-state index contributed by atoms with van der Waals surface area (Å²) in [6.07, 6.45) is 0. The maximum absolute atomic E-state index is 12.8. The van der Waals surface area contributed by atoms with Crippen LogP contribution in [0.3, 0.4) is 0 Å². The average Bonchev–Trinajstić information content (AvgIpc) is 2.72. The van der Waals surface area contributed by atoms with Gasteiger partial charge in [0.2, 0.25) is 0 Å². The Labute approximate surface area is 193 Å². The Morgan fingerprint density at radius 2 is 1.79 bits per heavy atom. The molecule has 7 heteroatoms. The molecule has 0 aliphatic carbocycles. The van der Waals surface area contributed by atoms with E-state index in [1.54, 1.807) is 30.3 Å². The Bertz CT molecular complexity index is 1010. The maximum atomic E-state index is 12.8. The molecule has 0 saturated heterocycles. The highest BCUT2D eigenvalue weighted by molar-refractivity contribution is 14.1. The van der Waals surface area contributed by atoms with Crippen molar-refractivity contribution in [2.24, 2.45) is 0 Å². The lowest BCUT2D eigenvalue weighted by Crippen LogP contribution is -2.13. The first-order valence-electron chi connectivity index (χ1n) is 8.88. The van der Waals surface area contributed by atoms with Crippen LogP contribution in [0.15, 0.2) is 60.7 Å². The molecule has 29 heavy (non-hydrogen) atoms. The van der Waals surface area contributed by atoms with Crippen molar-refractivity contribution < 1.29 is 14.3 Å². The highest BCUT2D eigenvalue weighted by atomic mass is 127. The fraction of sp³-hybridized carbons (Fsp3) is 0.136. The van der Waals surface area contributed by atoms with Crippen LogP contribution >= 0.6 is 45.8 Å². The van der Waals surface area contributed by atoms with E-state index in [0.717, 1.165) is 9.13 Å². The summed E-state index contributed by atoms with van der Waals surface area (Å²) in [6.45, 7) is 2.75. The van der Waals surface area contributed by atoms with Crippen LogP contribution in [-0.4, -0.2) is 12.5 Å². The average molecular weight is 542 g/mol. The van der Waals surface area contributed by atoms with Gasteiger partial charge in [0, 0.05) is 5.56 Å². The van der Waals surface area contributed by atoms with Crippen LogP contribution in [0.4, 0.5) is 5.69 Å². The molecule has 0 spiro atoms. The summed E-state index contributed by atoms with van der Waals surface area (Å²) in [5.41, 5.74) is 1.89. The fourth-order valence-electron chi connectivity index (χ4n) is 2.62. The lowest BCUT2D eigenvalue weighted by Gasteiger charge is -2.16. The molecule has 0 bridgehead atoms. The van der Waals surface area contributed by atoms with Crippen molar-refractivity contribution in [1.82, 2.24) is 0 Å². The molecule has 1 N–H and O–H groups in total. The van der Waals surface area contributed by atoms with Gasteiger partial charge in [0.15, 0.2) is 11.5 Å². The first-order chi connectivity index (χ1) is 14.0. The minimum atomic E-state index is -0.320. The summed E-state index contributed by atoms with van der Waals surface area (Å²) in [4.78, 5) is 12.8. The normalized spacial score (nSPS) is 10.5. The van der Waals surface area contributed by atoms with Gasteiger partial charge in [0.25, 0.3) is 5.91 Å². The molecule has 0 aromatic heterocycles. The summed E-state index contributed by atoms with van der Waals surface area (Å²) in [5, 5.41) is 3.46. The van der Waals surface area contributed by atoms with Crippen molar-refractivity contribution in [2.75, 3.05) is 11.9 Å². The van der Waals surface area contributed by atoms with Gasteiger partial charge in [-0.25, -0.2) is 0 Å². The molecule has 150 valence electrons. The largest absolute Gasteiger partial charge is 0.489 e. The predicted octanol–water partition coefficient (Wildman–Crippen LogP) is 6.83. The number of hydrogen-bond acceptors (Lipinski definition) is 3. The Balaban J connectivity index is 1.87. The van der Waals surface area contributed by atoms with E-state index < -0.39 is 0 Å². The van der Waals surface area contributed by atoms with Gasteiger partial charge < -0.3 is 14.8 Å². The Morgan fingerprint density at radius 3 is 2.52 bits per heavy atom. The topological polar surface area (TPSA) is 47.6 Å². The van der Waals surface area contributed by atoms with E-state index in [9.17, 15) is 4.79 Å². The molecule has 0 aliphatic heterocycles. The quantitative estimate of drug-likeness (QED) is 0.333. The standard InChI is InChI=1S/C22H18Cl2INO3/c1-2-28-21-17(25)11-15(12-19(21)29-13-14-7-4-3-5-8-14)22(27)26-18-10-6-9-16(23)20(18)24/h3-12H,2,13H2,1H3,(H,26,27). The van der Waals surface area contributed by atoms with Crippen LogP contribution in [0.25, 0.3) is 0 Å². The smallest absolute Gasteiger partial charge is 0.255 e. The van der Waals surface area contributed by atoms with Gasteiger partial charge >= 0.3 is 0 Å². The zero-order valence-corrected chi connectivity index (χ0v) is 19.2. The second kappa shape index (κ2) is 10.2. The molecular formula is C22H18Cl2INO3. The van der Waals surface area contributed by atoms with Crippen LogP contribution in [-0.2, 0) is 6.61 Å². The zero-order chi connectivity index (χ0) is 20.8. The number of amides is 1. The SMILES string of the molecule is CCOc1c(I)cc(C(=O)Nc2cccc(Cl)c2Cl)cc1OCc1ccccc1. The minimum Gasteiger partial charge on any atom is -0.489 e. The molecule has 4 nitrogen and oxygen atoms in total. The highest BCUT2D eigenvalue weighted by Gasteiger charge is 2.17. The number of rotatable bonds is 7. The molecule has 3 rings (SSSR count). The van der Waals surface area contributed by atoms with Gasteiger partial charge in [-0.15, -0.1) is 0 Å². The number of carbonyl (C=O) groups is 1. The summed E-state index contributed by atoms with van der Waals surface area (Å²) >= 11 is 14.3. The first-order valence-corrected chi connectivity index (χ1v) is 10.7. The molecular weight excluding hydrogens is 524 g/mol. The van der Waals surface area contributed by atoms with E-state index in [0.29, 0.717) is 46.0 Å². The summed E-state index contributed by atoms with van der Waals surface area (Å²) in [5.74, 6) is 0.797. The molecule has 0 aliphatic rings. The van der Waals surface area contributed by atoms with Crippen molar-refractivity contribution in [2.45, 2.75) is 13.5 Å². The van der Waals surface area contributed by atoms with Crippen LogP contribution in [0.5, 0.6) is 11.5 Å². The van der Waals surface area contributed by atoms with Crippen molar-refractivity contribution in [3.63, 3.8) is 0 Å². The number of anilines is 1. The molecule has 0 unspecified atom stereocenters. The van der Waals surface area contributed by atoms with Crippen LogP contribution in [0, 0.1) is 3.57 Å². The van der Waals surface area contributed by atoms with Crippen LogP contribution < -0.4 is 14.8 Å². The van der Waals surface area contributed by atoms with E-state index in [-0.39, 0.29) is 5.91 Å². The number of nitrogens with one attached hydrogen (secondary N) is 1. The van der Waals surface area contributed by atoms with E-state index in [1.807, 2.05) is 37.3 Å². The third-order valence-corrected chi connectivity index (χ3v) is 5.62. The Kier molecular flexibility index (Phi) is 7.64. The number of ether oxygens (including phenoxy) is 2. The lowest BCUT2D eigenvalue weighted by molar-refractivity contribution is 0.102. The number of carbonyl (C=O) groups excluding carboxylic acids is 1. The highest BCUT2D eigenvalue weighted by Crippen LogP contribution is 2.36. The van der Waals surface area contributed by atoms with E-state index in [1.165, 1.54) is 0 Å². The molecule has 3 aromatic carbocycles. The lowest BCUT2D eigenvalue weighted by atomic mass is 10.1. The zero-order valence-electron chi connectivity index (χ0n) is 15.5. The van der Waals surface area contributed by atoms with Crippen molar-refractivity contribution in [1.29, 1.82) is 0 Å². The van der Waals surface area contributed by atoms with Crippen molar-refractivity contribution >= 4 is 57.4 Å². The first kappa shape index (κ1) is 21.7. The predicted molar refractivity (Wildman–Crippen MR) is 126 cm³/mol. The van der Waals surface area contributed by atoms with Gasteiger partial charge in [-0.05, 0) is 59.3 Å². The van der Waals surface area contributed by atoms with Crippen molar-refractivity contribution in [3.8, 4) is 11.5 Å². The molecule has 0 saturated carbocycles. The summed E-state index contributed by atoms with van der Waals surface area (Å²) in [7, 11) is 0. The van der Waals surface area contributed by atoms with Gasteiger partial charge in [0.1, 0.15) is 6.61 Å². The van der Waals surface area contributed by atoms with Crippen molar-refractivity contribution in [3.05, 3.63) is 85.4 Å². The molecule has 0 radical (unpaired) electrons. The molecule has 1 amide bonds. The number of halogens is 3. The second-order valence-corrected chi connectivity index (χ2v) is 8.00. The van der Waals surface area contributed by atoms with Gasteiger partial charge in [0.05, 0.1) is 25.9 Å². The minimum absolute atomic E-state index is 0.295. The maximum Gasteiger partial charge on any atom is 0.255 e. The Hall–Kier alpha value is -1.96. The van der Waals surface area contributed by atoms with Crippen LogP contribution in [0.1, 0.15) is 22.8 Å². The van der Waals surface area contributed by atoms with Gasteiger partial charge in [-0.2, -0.15) is 0 Å². The third kappa shape index (κ3) is 5.56. The van der Waals surface area contributed by atoms with Gasteiger partial charge in [-0.1, -0.05) is 59.6 Å². The molecule has 0 fully saturated rings. The van der Waals surface area contributed by atoms with E-state index >= 15 is 0 Å².